The summed E-state index contributed by atoms with van der Waals surface area (Å²) in [4.78, 5) is 26.5. The molecule has 1 heterocycles. The molecular formula is C20H20F2N2O3. The summed E-state index contributed by atoms with van der Waals surface area (Å²) >= 11 is 0. The summed E-state index contributed by atoms with van der Waals surface area (Å²) < 4.78 is 32.0. The number of hydrogen-bond acceptors (Lipinski definition) is 3. The number of rotatable bonds is 4. The second-order valence-electron chi connectivity index (χ2n) is 6.97. The average molecular weight is 374 g/mol. The molecule has 2 amide bonds. The highest BCUT2D eigenvalue weighted by Crippen LogP contribution is 2.38. The zero-order valence-electron chi connectivity index (χ0n) is 15.3. The molecule has 7 heteroatoms. The zero-order chi connectivity index (χ0) is 19.8. The zero-order valence-corrected chi connectivity index (χ0v) is 15.3. The van der Waals surface area contributed by atoms with Crippen molar-refractivity contribution in [1.29, 1.82) is 0 Å². The van der Waals surface area contributed by atoms with Gasteiger partial charge in [0.05, 0.1) is 5.69 Å². The van der Waals surface area contributed by atoms with Crippen LogP contribution in [0.15, 0.2) is 36.4 Å². The van der Waals surface area contributed by atoms with Crippen LogP contribution in [0.4, 0.5) is 20.2 Å². The molecule has 0 radical (unpaired) electrons. The molecule has 1 aliphatic heterocycles. The van der Waals surface area contributed by atoms with Crippen molar-refractivity contribution in [1.82, 2.24) is 0 Å². The molecule has 0 atom stereocenters. The minimum atomic E-state index is -1.04. The molecule has 142 valence electrons. The Balaban J connectivity index is 1.74. The minimum absolute atomic E-state index is 0.00576. The number of aryl methyl sites for hydroxylation is 1. The number of ether oxygens (including phenoxy) is 1. The number of amides is 2. The fourth-order valence-electron chi connectivity index (χ4n) is 2.91. The molecule has 0 bridgehead atoms. The number of anilines is 2. The van der Waals surface area contributed by atoms with Crippen molar-refractivity contribution in [2.75, 3.05) is 16.8 Å². The van der Waals surface area contributed by atoms with Crippen LogP contribution in [0.3, 0.4) is 0 Å². The fraction of sp³-hybridized carbons (Fsp3) is 0.300. The van der Waals surface area contributed by atoms with Crippen LogP contribution in [0.2, 0.25) is 0 Å². The third-order valence-corrected chi connectivity index (χ3v) is 4.30. The third kappa shape index (κ3) is 3.92. The molecule has 5 nitrogen and oxygen atoms in total. The summed E-state index contributed by atoms with van der Waals surface area (Å²) in [5.41, 5.74) is 0.684. The Bertz CT molecular complexity index is 912. The molecule has 3 rings (SSSR count). The van der Waals surface area contributed by atoms with Crippen LogP contribution >= 0.6 is 0 Å². The van der Waals surface area contributed by atoms with E-state index >= 15 is 0 Å². The number of fused-ring (bicyclic) bond motifs is 1. The summed E-state index contributed by atoms with van der Waals surface area (Å²) in [5.74, 6) is -2.11. The van der Waals surface area contributed by atoms with Crippen molar-refractivity contribution in [3.05, 3.63) is 53.6 Å². The summed E-state index contributed by atoms with van der Waals surface area (Å²) in [5, 5.41) is 2.51. The monoisotopic (exact) mass is 374 g/mol. The smallest absolute Gasteiger partial charge is 0.270 e. The van der Waals surface area contributed by atoms with E-state index < -0.39 is 23.1 Å². The van der Waals surface area contributed by atoms with Gasteiger partial charge in [-0.05, 0) is 50.6 Å². The van der Waals surface area contributed by atoms with Crippen molar-refractivity contribution >= 4 is 23.2 Å². The van der Waals surface area contributed by atoms with Crippen molar-refractivity contribution in [2.24, 2.45) is 0 Å². The van der Waals surface area contributed by atoms with Gasteiger partial charge in [0, 0.05) is 24.7 Å². The Labute approximate surface area is 155 Å². The van der Waals surface area contributed by atoms with E-state index in [9.17, 15) is 18.4 Å². The first-order valence-electron chi connectivity index (χ1n) is 8.54. The second-order valence-corrected chi connectivity index (χ2v) is 6.97. The van der Waals surface area contributed by atoms with E-state index in [0.29, 0.717) is 11.4 Å². The van der Waals surface area contributed by atoms with E-state index in [1.165, 1.54) is 11.0 Å². The molecule has 2 aromatic carbocycles. The van der Waals surface area contributed by atoms with Gasteiger partial charge in [0.2, 0.25) is 5.91 Å². The molecule has 1 aliphatic rings. The van der Waals surface area contributed by atoms with Crippen LogP contribution in [0, 0.1) is 18.6 Å². The molecular weight excluding hydrogens is 354 g/mol. The highest BCUT2D eigenvalue weighted by atomic mass is 19.2. The maximum absolute atomic E-state index is 13.3. The molecule has 0 saturated heterocycles. The van der Waals surface area contributed by atoms with Crippen LogP contribution < -0.4 is 15.0 Å². The van der Waals surface area contributed by atoms with Crippen molar-refractivity contribution in [3.63, 3.8) is 0 Å². The molecule has 1 N–H and O–H groups in total. The van der Waals surface area contributed by atoms with Crippen LogP contribution in [-0.2, 0) is 9.59 Å². The standard InChI is InChI=1S/C20H20F2N2O3/c1-12-4-7-17-16(10-12)24(19(26)20(2,3)27-17)9-8-18(25)23-13-5-6-14(21)15(22)11-13/h4-7,10-11H,8-9H2,1-3H3,(H,23,25). The van der Waals surface area contributed by atoms with Gasteiger partial charge in [-0.3, -0.25) is 9.59 Å². The second kappa shape index (κ2) is 6.98. The first kappa shape index (κ1) is 18.8. The van der Waals surface area contributed by atoms with Crippen molar-refractivity contribution in [2.45, 2.75) is 32.8 Å². The highest BCUT2D eigenvalue weighted by Gasteiger charge is 2.40. The normalized spacial score (nSPS) is 15.1. The maximum Gasteiger partial charge on any atom is 0.270 e. The van der Waals surface area contributed by atoms with E-state index in [1.807, 2.05) is 19.1 Å². The van der Waals surface area contributed by atoms with Gasteiger partial charge in [0.1, 0.15) is 5.75 Å². The van der Waals surface area contributed by atoms with Crippen LogP contribution in [0.1, 0.15) is 25.8 Å². The predicted molar refractivity (Wildman–Crippen MR) is 97.8 cm³/mol. The molecule has 0 aliphatic carbocycles. The summed E-state index contributed by atoms with van der Waals surface area (Å²) in [6.07, 6.45) is -0.00576. The number of carbonyl (C=O) groups excluding carboxylic acids is 2. The molecule has 2 aromatic rings. The number of carbonyl (C=O) groups is 2. The predicted octanol–water partition coefficient (Wildman–Crippen LogP) is 3.81. The quantitative estimate of drug-likeness (QED) is 0.885. The van der Waals surface area contributed by atoms with E-state index in [1.54, 1.807) is 19.9 Å². The number of benzene rings is 2. The molecule has 0 fully saturated rings. The lowest BCUT2D eigenvalue weighted by Crippen LogP contribution is -2.53. The van der Waals surface area contributed by atoms with Crippen molar-refractivity contribution in [3.8, 4) is 5.75 Å². The van der Waals surface area contributed by atoms with Gasteiger partial charge in [-0.25, -0.2) is 8.78 Å². The van der Waals surface area contributed by atoms with E-state index in [2.05, 4.69) is 5.32 Å². The van der Waals surface area contributed by atoms with Crippen LogP contribution in [0.25, 0.3) is 0 Å². The average Bonchev–Trinajstić information content (AvgIpc) is 2.59. The van der Waals surface area contributed by atoms with Gasteiger partial charge in [0.15, 0.2) is 17.2 Å². The Morgan fingerprint density at radius 1 is 1.15 bits per heavy atom. The maximum atomic E-state index is 13.3. The summed E-state index contributed by atoms with van der Waals surface area (Å²) in [6.45, 7) is 5.38. The SMILES string of the molecule is Cc1ccc2c(c1)N(CCC(=O)Nc1ccc(F)c(F)c1)C(=O)C(C)(C)O2. The van der Waals surface area contributed by atoms with Gasteiger partial charge in [-0.15, -0.1) is 0 Å². The molecule has 27 heavy (non-hydrogen) atoms. The Morgan fingerprint density at radius 3 is 2.59 bits per heavy atom. The van der Waals surface area contributed by atoms with Gasteiger partial charge in [0.25, 0.3) is 5.91 Å². The lowest BCUT2D eigenvalue weighted by molar-refractivity contribution is -0.132. The number of nitrogens with zero attached hydrogens (tertiary/aromatic N) is 1. The first-order valence-corrected chi connectivity index (χ1v) is 8.54. The van der Waals surface area contributed by atoms with E-state index in [0.717, 1.165) is 17.7 Å². The van der Waals surface area contributed by atoms with Gasteiger partial charge in [-0.1, -0.05) is 6.07 Å². The summed E-state index contributed by atoms with van der Waals surface area (Å²) in [6, 6.07) is 8.65. The van der Waals surface area contributed by atoms with Crippen LogP contribution in [-0.4, -0.2) is 24.0 Å². The van der Waals surface area contributed by atoms with E-state index in [-0.39, 0.29) is 24.6 Å². The van der Waals surface area contributed by atoms with E-state index in [4.69, 9.17) is 4.74 Å². The summed E-state index contributed by atoms with van der Waals surface area (Å²) in [7, 11) is 0. The number of halogens is 2. The topological polar surface area (TPSA) is 58.6 Å². The lowest BCUT2D eigenvalue weighted by Gasteiger charge is -2.38. The number of hydrogen-bond donors (Lipinski definition) is 1. The Morgan fingerprint density at radius 2 is 1.89 bits per heavy atom. The third-order valence-electron chi connectivity index (χ3n) is 4.30. The van der Waals surface area contributed by atoms with Gasteiger partial charge in [-0.2, -0.15) is 0 Å². The fourth-order valence-corrected chi connectivity index (χ4v) is 2.91. The van der Waals surface area contributed by atoms with Gasteiger partial charge >= 0.3 is 0 Å². The molecule has 0 saturated carbocycles. The van der Waals surface area contributed by atoms with Crippen molar-refractivity contribution < 1.29 is 23.1 Å². The molecule has 0 spiro atoms. The van der Waals surface area contributed by atoms with Gasteiger partial charge < -0.3 is 15.0 Å². The minimum Gasteiger partial charge on any atom is -0.476 e. The Hall–Kier alpha value is -2.96. The lowest BCUT2D eigenvalue weighted by atomic mass is 10.0. The molecule has 0 unspecified atom stereocenters. The first-order chi connectivity index (χ1) is 12.7. The highest BCUT2D eigenvalue weighted by molar-refractivity contribution is 6.03. The molecule has 0 aromatic heterocycles. The largest absolute Gasteiger partial charge is 0.476 e. The Kier molecular flexibility index (Phi) is 4.87. The number of nitrogens with one attached hydrogen (secondary N) is 1. The van der Waals surface area contributed by atoms with Crippen LogP contribution in [0.5, 0.6) is 5.75 Å².